The Bertz CT molecular complexity index is 557. The molecule has 0 fully saturated rings. The Labute approximate surface area is 124 Å². The van der Waals surface area contributed by atoms with Crippen LogP contribution in [0.25, 0.3) is 0 Å². The van der Waals surface area contributed by atoms with Crippen LogP contribution in [0.4, 0.5) is 4.39 Å². The maximum Gasteiger partial charge on any atom is 0.123 e. The molecule has 0 aromatic heterocycles. The zero-order valence-corrected chi connectivity index (χ0v) is 12.3. The highest BCUT2D eigenvalue weighted by Gasteiger charge is 2.12. The molecule has 0 aliphatic heterocycles. The minimum Gasteiger partial charge on any atom is -0.497 e. The number of ether oxygens (including phenoxy) is 2. The van der Waals surface area contributed by atoms with Gasteiger partial charge in [0.25, 0.3) is 0 Å². The number of halogens is 1. The number of nitrogens with one attached hydrogen (secondary N) is 1. The van der Waals surface area contributed by atoms with E-state index in [1.54, 1.807) is 13.2 Å². The summed E-state index contributed by atoms with van der Waals surface area (Å²) in [6.45, 7) is 1.09. The van der Waals surface area contributed by atoms with E-state index in [0.717, 1.165) is 16.9 Å². The Morgan fingerprint density at radius 1 is 1.14 bits per heavy atom. The van der Waals surface area contributed by atoms with Crippen molar-refractivity contribution in [3.8, 4) is 5.75 Å². The molecule has 2 rings (SSSR count). The Hall–Kier alpha value is -1.91. The molecule has 3 nitrogen and oxygen atoms in total. The molecule has 1 N–H and O–H groups in total. The second kappa shape index (κ2) is 7.76. The molecule has 0 amide bonds. The van der Waals surface area contributed by atoms with Crippen LogP contribution in [0.5, 0.6) is 5.75 Å². The summed E-state index contributed by atoms with van der Waals surface area (Å²) in [4.78, 5) is 0. The van der Waals surface area contributed by atoms with Crippen molar-refractivity contribution >= 4 is 0 Å². The molecule has 0 radical (unpaired) electrons. The molecule has 0 heterocycles. The summed E-state index contributed by atoms with van der Waals surface area (Å²) in [6, 6.07) is 14.2. The van der Waals surface area contributed by atoms with Gasteiger partial charge in [-0.05, 0) is 42.4 Å². The Morgan fingerprint density at radius 2 is 1.90 bits per heavy atom. The molecule has 0 spiro atoms. The lowest BCUT2D eigenvalue weighted by atomic mass is 10.1. The van der Waals surface area contributed by atoms with Gasteiger partial charge in [-0.3, -0.25) is 0 Å². The fourth-order valence-corrected chi connectivity index (χ4v) is 2.08. The van der Waals surface area contributed by atoms with Crippen LogP contribution < -0.4 is 10.1 Å². The molecule has 1 atom stereocenters. The van der Waals surface area contributed by atoms with Crippen molar-refractivity contribution in [1.29, 1.82) is 0 Å². The number of rotatable bonds is 7. The third-order valence-corrected chi connectivity index (χ3v) is 3.22. The summed E-state index contributed by atoms with van der Waals surface area (Å²) in [5, 5.41) is 3.07. The number of methoxy groups -OCH3 is 1. The van der Waals surface area contributed by atoms with Crippen LogP contribution in [0.3, 0.4) is 0 Å². The molecule has 2 aromatic carbocycles. The minimum atomic E-state index is -0.248. The average molecular weight is 289 g/mol. The molecule has 1 unspecified atom stereocenters. The lowest BCUT2D eigenvalue weighted by Gasteiger charge is -2.18. The van der Waals surface area contributed by atoms with E-state index in [-0.39, 0.29) is 11.9 Å². The van der Waals surface area contributed by atoms with Gasteiger partial charge in [0, 0.05) is 6.54 Å². The quantitative estimate of drug-likeness (QED) is 0.848. The van der Waals surface area contributed by atoms with Gasteiger partial charge in [0.15, 0.2) is 0 Å². The summed E-state index contributed by atoms with van der Waals surface area (Å²) in [6.07, 6.45) is -0.187. The molecule has 0 saturated heterocycles. The first-order valence-electron chi connectivity index (χ1n) is 6.87. The van der Waals surface area contributed by atoms with Crippen LogP contribution >= 0.6 is 0 Å². The van der Waals surface area contributed by atoms with E-state index in [9.17, 15) is 4.39 Å². The summed E-state index contributed by atoms with van der Waals surface area (Å²) in [5.41, 5.74) is 1.88. The molecule has 0 aliphatic rings. The first kappa shape index (κ1) is 15.5. The second-order valence-corrected chi connectivity index (χ2v) is 4.76. The van der Waals surface area contributed by atoms with Crippen molar-refractivity contribution in [2.24, 2.45) is 0 Å². The number of likely N-dealkylation sites (N-methyl/N-ethyl adjacent to an activating group) is 1. The predicted molar refractivity (Wildman–Crippen MR) is 80.9 cm³/mol. The van der Waals surface area contributed by atoms with Crippen LogP contribution in [0.1, 0.15) is 17.2 Å². The van der Waals surface area contributed by atoms with Crippen molar-refractivity contribution in [3.63, 3.8) is 0 Å². The summed E-state index contributed by atoms with van der Waals surface area (Å²) >= 11 is 0. The van der Waals surface area contributed by atoms with E-state index in [0.29, 0.717) is 13.2 Å². The zero-order chi connectivity index (χ0) is 15.1. The molecule has 0 saturated carbocycles. The summed E-state index contributed by atoms with van der Waals surface area (Å²) in [7, 11) is 3.49. The summed E-state index contributed by atoms with van der Waals surface area (Å²) in [5.74, 6) is 0.567. The standard InChI is InChI=1S/C17H20FNO2/c1-19-11-17(14-4-3-5-15(18)10-14)21-12-13-6-8-16(20-2)9-7-13/h3-10,17,19H,11-12H2,1-2H3. The highest BCUT2D eigenvalue weighted by Crippen LogP contribution is 2.20. The highest BCUT2D eigenvalue weighted by atomic mass is 19.1. The molecule has 21 heavy (non-hydrogen) atoms. The van der Waals surface area contributed by atoms with Crippen LogP contribution in [-0.4, -0.2) is 20.7 Å². The smallest absolute Gasteiger partial charge is 0.123 e. The van der Waals surface area contributed by atoms with Gasteiger partial charge in [0.1, 0.15) is 11.6 Å². The van der Waals surface area contributed by atoms with E-state index >= 15 is 0 Å². The Morgan fingerprint density at radius 3 is 2.52 bits per heavy atom. The van der Waals surface area contributed by atoms with Gasteiger partial charge in [0.05, 0.1) is 19.8 Å². The van der Waals surface area contributed by atoms with Crippen LogP contribution in [0.15, 0.2) is 48.5 Å². The fraction of sp³-hybridized carbons (Fsp3) is 0.294. The molecular weight excluding hydrogens is 269 g/mol. The molecular formula is C17H20FNO2. The van der Waals surface area contributed by atoms with Crippen LogP contribution in [0.2, 0.25) is 0 Å². The van der Waals surface area contributed by atoms with Gasteiger partial charge in [-0.25, -0.2) is 4.39 Å². The van der Waals surface area contributed by atoms with Crippen molar-refractivity contribution in [3.05, 3.63) is 65.5 Å². The van der Waals surface area contributed by atoms with E-state index in [2.05, 4.69) is 5.32 Å². The van der Waals surface area contributed by atoms with Crippen LogP contribution in [-0.2, 0) is 11.3 Å². The number of benzene rings is 2. The van der Waals surface area contributed by atoms with Crippen molar-refractivity contribution in [2.45, 2.75) is 12.7 Å². The van der Waals surface area contributed by atoms with Crippen molar-refractivity contribution in [2.75, 3.05) is 20.7 Å². The number of hydrogen-bond acceptors (Lipinski definition) is 3. The third kappa shape index (κ3) is 4.55. The highest BCUT2D eigenvalue weighted by molar-refractivity contribution is 5.27. The third-order valence-electron chi connectivity index (χ3n) is 3.22. The predicted octanol–water partition coefficient (Wildman–Crippen LogP) is 3.31. The van der Waals surface area contributed by atoms with Gasteiger partial charge < -0.3 is 14.8 Å². The first-order valence-corrected chi connectivity index (χ1v) is 6.87. The second-order valence-electron chi connectivity index (χ2n) is 4.76. The monoisotopic (exact) mass is 289 g/mol. The van der Waals surface area contributed by atoms with Gasteiger partial charge in [-0.1, -0.05) is 24.3 Å². The van der Waals surface area contributed by atoms with Gasteiger partial charge >= 0.3 is 0 Å². The van der Waals surface area contributed by atoms with Crippen molar-refractivity contribution < 1.29 is 13.9 Å². The molecule has 4 heteroatoms. The SMILES string of the molecule is CNCC(OCc1ccc(OC)cc1)c1cccc(F)c1. The lowest BCUT2D eigenvalue weighted by molar-refractivity contribution is 0.0408. The summed E-state index contributed by atoms with van der Waals surface area (Å²) < 4.78 is 24.4. The Kier molecular flexibility index (Phi) is 5.72. The minimum absolute atomic E-state index is 0.187. The van der Waals surface area contributed by atoms with Gasteiger partial charge in [0.2, 0.25) is 0 Å². The van der Waals surface area contributed by atoms with Crippen molar-refractivity contribution in [1.82, 2.24) is 5.32 Å². The largest absolute Gasteiger partial charge is 0.497 e. The number of hydrogen-bond donors (Lipinski definition) is 1. The molecule has 112 valence electrons. The maximum absolute atomic E-state index is 13.3. The fourth-order valence-electron chi connectivity index (χ4n) is 2.08. The van der Waals surface area contributed by atoms with E-state index in [1.807, 2.05) is 37.4 Å². The normalized spacial score (nSPS) is 12.1. The van der Waals surface area contributed by atoms with Crippen LogP contribution in [0, 0.1) is 5.82 Å². The van der Waals surface area contributed by atoms with E-state index in [4.69, 9.17) is 9.47 Å². The van der Waals surface area contributed by atoms with E-state index < -0.39 is 0 Å². The molecule has 2 aromatic rings. The Balaban J connectivity index is 2.02. The lowest BCUT2D eigenvalue weighted by Crippen LogP contribution is -2.19. The van der Waals surface area contributed by atoms with Gasteiger partial charge in [-0.2, -0.15) is 0 Å². The average Bonchev–Trinajstić information content (AvgIpc) is 2.52. The molecule has 0 bridgehead atoms. The van der Waals surface area contributed by atoms with Gasteiger partial charge in [-0.15, -0.1) is 0 Å². The topological polar surface area (TPSA) is 30.5 Å². The molecule has 0 aliphatic carbocycles. The zero-order valence-electron chi connectivity index (χ0n) is 12.3. The van der Waals surface area contributed by atoms with E-state index in [1.165, 1.54) is 12.1 Å². The maximum atomic E-state index is 13.3. The first-order chi connectivity index (χ1) is 10.2.